The van der Waals surface area contributed by atoms with Crippen molar-refractivity contribution in [3.8, 4) is 0 Å². The van der Waals surface area contributed by atoms with Crippen molar-refractivity contribution in [3.63, 3.8) is 0 Å². The number of aromatic nitrogens is 2. The van der Waals surface area contributed by atoms with Crippen LogP contribution < -0.4 is 10.6 Å². The van der Waals surface area contributed by atoms with E-state index in [1.54, 1.807) is 0 Å². The van der Waals surface area contributed by atoms with E-state index >= 15 is 0 Å². The molecule has 0 radical (unpaired) electrons. The van der Waals surface area contributed by atoms with Crippen LogP contribution in [0.15, 0.2) is 24.4 Å². The molecule has 0 aromatic carbocycles. The Morgan fingerprint density at radius 1 is 1.33 bits per heavy atom. The Labute approximate surface area is 107 Å². The molecule has 5 heteroatoms. The highest BCUT2D eigenvalue weighted by Gasteiger charge is 2.24. The van der Waals surface area contributed by atoms with Crippen molar-refractivity contribution in [2.45, 2.75) is 13.0 Å². The first-order chi connectivity index (χ1) is 8.66. The molecule has 0 amide bonds. The lowest BCUT2D eigenvalue weighted by Crippen LogP contribution is -2.50. The molecule has 0 saturated carbocycles. The number of nitrogen functional groups attached to an aromatic ring is 1. The minimum atomic E-state index is 0.531. The maximum atomic E-state index is 6.21. The highest BCUT2D eigenvalue weighted by Crippen LogP contribution is 2.27. The van der Waals surface area contributed by atoms with Crippen LogP contribution in [-0.2, 0) is 0 Å². The third-order valence-corrected chi connectivity index (χ3v) is 3.82. The summed E-state index contributed by atoms with van der Waals surface area (Å²) in [5.41, 5.74) is 7.98. The summed E-state index contributed by atoms with van der Waals surface area (Å²) in [7, 11) is 2.16. The van der Waals surface area contributed by atoms with Gasteiger partial charge in [-0.1, -0.05) is 6.07 Å². The number of nitrogens with two attached hydrogens (primary N) is 1. The zero-order valence-electron chi connectivity index (χ0n) is 10.9. The van der Waals surface area contributed by atoms with E-state index in [4.69, 9.17) is 5.73 Å². The van der Waals surface area contributed by atoms with E-state index < -0.39 is 0 Å². The summed E-state index contributed by atoms with van der Waals surface area (Å²) in [6, 6.07) is 6.49. The number of anilines is 2. The minimum absolute atomic E-state index is 0.531. The number of nitrogens with zero attached hydrogens (tertiary/aromatic N) is 4. The van der Waals surface area contributed by atoms with Gasteiger partial charge in [-0.3, -0.25) is 0 Å². The lowest BCUT2D eigenvalue weighted by atomic mass is 10.2. The summed E-state index contributed by atoms with van der Waals surface area (Å²) in [4.78, 5) is 4.65. The number of hydrogen-bond donors (Lipinski definition) is 1. The number of hydrogen-bond acceptors (Lipinski definition) is 4. The Bertz CT molecular complexity index is 562. The number of piperazine rings is 1. The third kappa shape index (κ3) is 1.71. The van der Waals surface area contributed by atoms with Crippen molar-refractivity contribution in [1.82, 2.24) is 14.5 Å². The predicted octanol–water partition coefficient (Wildman–Crippen LogP) is 1.06. The maximum Gasteiger partial charge on any atom is 0.175 e. The topological polar surface area (TPSA) is 49.8 Å². The van der Waals surface area contributed by atoms with Gasteiger partial charge in [0.25, 0.3) is 0 Å². The maximum absolute atomic E-state index is 6.21. The summed E-state index contributed by atoms with van der Waals surface area (Å²) < 4.78 is 1.85. The van der Waals surface area contributed by atoms with Gasteiger partial charge in [-0.25, -0.2) is 4.52 Å². The van der Waals surface area contributed by atoms with Crippen LogP contribution in [-0.4, -0.2) is 47.2 Å². The standard InChI is InChI=1S/C13H19N5/c1-10-9-17(8-7-16(10)2)13-12(14)11-5-3-4-6-18(11)15-13/h3-6,10H,7-9,14H2,1-2H3. The summed E-state index contributed by atoms with van der Waals surface area (Å²) in [5, 5.41) is 4.59. The number of rotatable bonds is 1. The molecular weight excluding hydrogens is 226 g/mol. The van der Waals surface area contributed by atoms with Gasteiger partial charge in [-0.2, -0.15) is 0 Å². The molecule has 3 rings (SSSR count). The van der Waals surface area contributed by atoms with Crippen molar-refractivity contribution in [3.05, 3.63) is 24.4 Å². The first-order valence-electron chi connectivity index (χ1n) is 6.35. The van der Waals surface area contributed by atoms with Crippen molar-refractivity contribution in [2.24, 2.45) is 0 Å². The van der Waals surface area contributed by atoms with E-state index in [9.17, 15) is 0 Å². The van der Waals surface area contributed by atoms with E-state index in [-0.39, 0.29) is 0 Å². The van der Waals surface area contributed by atoms with E-state index in [0.717, 1.165) is 36.7 Å². The van der Waals surface area contributed by atoms with Gasteiger partial charge in [0.2, 0.25) is 0 Å². The van der Waals surface area contributed by atoms with E-state index in [1.165, 1.54) is 0 Å². The summed E-state index contributed by atoms with van der Waals surface area (Å²) in [6.07, 6.45) is 1.94. The molecule has 0 spiro atoms. The molecule has 1 unspecified atom stereocenters. The molecule has 1 saturated heterocycles. The lowest BCUT2D eigenvalue weighted by Gasteiger charge is -2.37. The molecule has 3 heterocycles. The van der Waals surface area contributed by atoms with Crippen molar-refractivity contribution in [1.29, 1.82) is 0 Å². The highest BCUT2D eigenvalue weighted by molar-refractivity contribution is 5.81. The van der Waals surface area contributed by atoms with Gasteiger partial charge >= 0.3 is 0 Å². The van der Waals surface area contributed by atoms with Gasteiger partial charge in [0, 0.05) is 31.9 Å². The molecule has 5 nitrogen and oxygen atoms in total. The number of fused-ring (bicyclic) bond motifs is 1. The Morgan fingerprint density at radius 3 is 2.89 bits per heavy atom. The van der Waals surface area contributed by atoms with Crippen LogP contribution in [0.2, 0.25) is 0 Å². The second kappa shape index (κ2) is 4.17. The SMILES string of the molecule is CC1CN(c2nn3ccccc3c2N)CCN1C. The Morgan fingerprint density at radius 2 is 2.17 bits per heavy atom. The summed E-state index contributed by atoms with van der Waals surface area (Å²) >= 11 is 0. The number of likely N-dealkylation sites (N-methyl/N-ethyl adjacent to an activating group) is 1. The third-order valence-electron chi connectivity index (χ3n) is 3.82. The predicted molar refractivity (Wildman–Crippen MR) is 73.9 cm³/mol. The zero-order valence-corrected chi connectivity index (χ0v) is 10.9. The first-order valence-corrected chi connectivity index (χ1v) is 6.35. The monoisotopic (exact) mass is 245 g/mol. The second-order valence-electron chi connectivity index (χ2n) is 5.04. The Hall–Kier alpha value is -1.75. The Balaban J connectivity index is 1.97. The smallest absolute Gasteiger partial charge is 0.175 e. The van der Waals surface area contributed by atoms with Crippen molar-refractivity contribution < 1.29 is 0 Å². The van der Waals surface area contributed by atoms with Crippen LogP contribution in [0.1, 0.15) is 6.92 Å². The molecule has 0 aliphatic carbocycles. The molecule has 1 atom stereocenters. The van der Waals surface area contributed by atoms with Gasteiger partial charge in [0.1, 0.15) is 5.69 Å². The van der Waals surface area contributed by atoms with Gasteiger partial charge in [-0.05, 0) is 26.1 Å². The van der Waals surface area contributed by atoms with Crippen LogP contribution in [0.3, 0.4) is 0 Å². The molecule has 2 aromatic heterocycles. The minimum Gasteiger partial charge on any atom is -0.394 e. The van der Waals surface area contributed by atoms with Crippen LogP contribution in [0.4, 0.5) is 11.5 Å². The fraction of sp³-hybridized carbons (Fsp3) is 0.462. The van der Waals surface area contributed by atoms with Gasteiger partial charge in [0.15, 0.2) is 5.82 Å². The quantitative estimate of drug-likeness (QED) is 0.816. The average Bonchev–Trinajstić information content (AvgIpc) is 2.71. The second-order valence-corrected chi connectivity index (χ2v) is 5.04. The fourth-order valence-electron chi connectivity index (χ4n) is 2.48. The molecule has 0 bridgehead atoms. The number of pyridine rings is 1. The van der Waals surface area contributed by atoms with Crippen LogP contribution >= 0.6 is 0 Å². The zero-order chi connectivity index (χ0) is 12.7. The molecule has 2 N–H and O–H groups in total. The molecule has 1 aliphatic heterocycles. The normalized spacial score (nSPS) is 21.7. The van der Waals surface area contributed by atoms with Crippen LogP contribution in [0.5, 0.6) is 0 Å². The summed E-state index contributed by atoms with van der Waals surface area (Å²) in [6.45, 7) is 5.24. The highest BCUT2D eigenvalue weighted by atomic mass is 15.4. The largest absolute Gasteiger partial charge is 0.394 e. The average molecular weight is 245 g/mol. The molecule has 1 fully saturated rings. The van der Waals surface area contributed by atoms with E-state index in [1.807, 2.05) is 28.9 Å². The van der Waals surface area contributed by atoms with E-state index in [2.05, 4.69) is 28.9 Å². The molecule has 18 heavy (non-hydrogen) atoms. The molecule has 1 aliphatic rings. The van der Waals surface area contributed by atoms with Gasteiger partial charge < -0.3 is 15.5 Å². The first kappa shape index (κ1) is 11.3. The van der Waals surface area contributed by atoms with E-state index in [0.29, 0.717) is 6.04 Å². The molecular formula is C13H19N5. The molecule has 2 aromatic rings. The van der Waals surface area contributed by atoms with Crippen molar-refractivity contribution in [2.75, 3.05) is 37.3 Å². The Kier molecular flexibility index (Phi) is 2.63. The lowest BCUT2D eigenvalue weighted by molar-refractivity contribution is 0.233. The van der Waals surface area contributed by atoms with Crippen LogP contribution in [0, 0.1) is 0 Å². The van der Waals surface area contributed by atoms with Gasteiger partial charge in [0.05, 0.1) is 5.52 Å². The van der Waals surface area contributed by atoms with Crippen LogP contribution in [0.25, 0.3) is 5.52 Å². The van der Waals surface area contributed by atoms with Crippen molar-refractivity contribution >= 4 is 17.0 Å². The van der Waals surface area contributed by atoms with Gasteiger partial charge in [-0.15, -0.1) is 5.10 Å². The molecule has 96 valence electrons. The fourth-order valence-corrected chi connectivity index (χ4v) is 2.48. The summed E-state index contributed by atoms with van der Waals surface area (Å²) in [5.74, 6) is 0.918.